The number of aromatic nitrogens is 2. The van der Waals surface area contributed by atoms with Crippen LogP contribution in [-0.4, -0.2) is 76.7 Å². The maximum Gasteiger partial charge on any atom is 0.270 e. The minimum Gasteiger partial charge on any atom is -0.378 e. The van der Waals surface area contributed by atoms with Crippen LogP contribution >= 0.6 is 0 Å². The van der Waals surface area contributed by atoms with Crippen LogP contribution in [0.25, 0.3) is 0 Å². The van der Waals surface area contributed by atoms with Crippen LogP contribution in [0.4, 0.5) is 10.1 Å². The summed E-state index contributed by atoms with van der Waals surface area (Å²) in [4.78, 5) is 53.8. The van der Waals surface area contributed by atoms with Gasteiger partial charge in [-0.3, -0.25) is 23.9 Å². The molecule has 1 aliphatic carbocycles. The highest BCUT2D eigenvalue weighted by atomic mass is 19.1. The fourth-order valence-electron chi connectivity index (χ4n) is 5.77. The largest absolute Gasteiger partial charge is 0.378 e. The van der Waals surface area contributed by atoms with E-state index in [-0.39, 0.29) is 36.3 Å². The zero-order valence-electron chi connectivity index (χ0n) is 25.1. The lowest BCUT2D eigenvalue weighted by molar-refractivity contribution is -0.139. The van der Waals surface area contributed by atoms with Crippen molar-refractivity contribution in [3.8, 4) is 0 Å². The fraction of sp³-hybridized carbons (Fsp3) is 0.581. The molecule has 4 amide bonds. The van der Waals surface area contributed by atoms with Gasteiger partial charge in [0.1, 0.15) is 23.6 Å². The lowest BCUT2D eigenvalue weighted by Gasteiger charge is -2.31. The van der Waals surface area contributed by atoms with Crippen LogP contribution in [0, 0.1) is 11.7 Å². The van der Waals surface area contributed by atoms with Crippen LogP contribution in [0.1, 0.15) is 74.8 Å². The Balaban J connectivity index is 1.49. The minimum atomic E-state index is -0.850. The number of anilines is 1. The van der Waals surface area contributed by atoms with Gasteiger partial charge in [0, 0.05) is 38.7 Å². The third-order valence-electron chi connectivity index (χ3n) is 8.20. The van der Waals surface area contributed by atoms with E-state index in [0.717, 1.165) is 38.5 Å². The summed E-state index contributed by atoms with van der Waals surface area (Å²) < 4.78 is 22.3. The number of amides is 4. The molecule has 3 N–H and O–H groups in total. The van der Waals surface area contributed by atoms with Gasteiger partial charge in [0.25, 0.3) is 5.91 Å². The smallest absolute Gasteiger partial charge is 0.270 e. The van der Waals surface area contributed by atoms with Crippen molar-refractivity contribution in [2.75, 3.05) is 31.6 Å². The summed E-state index contributed by atoms with van der Waals surface area (Å²) in [5, 5.41) is 12.5. The van der Waals surface area contributed by atoms with Gasteiger partial charge < -0.3 is 25.6 Å². The van der Waals surface area contributed by atoms with Gasteiger partial charge in [0.15, 0.2) is 0 Å². The Morgan fingerprint density at radius 3 is 2.40 bits per heavy atom. The molecule has 2 fully saturated rings. The standard InChI is InChI=1S/C31H43FN6O5/c1-3-27(39)34-25(31(42)37-15-17-43-18-16-37)20-21-11-12-24(23(32)19-21)35-30(41)28(22-9-7-5-6-8-10-22)36-29(40)26-13-14-33-38(26)4-2/h11-14,19,22,25,28H,3-10,15-18,20H2,1-2H3,(H,34,39)(H,35,41)(H,36,40)/t25-,28+/m1/s1. The van der Waals surface area contributed by atoms with E-state index < -0.39 is 29.7 Å². The Morgan fingerprint density at radius 1 is 1.02 bits per heavy atom. The molecule has 1 aromatic heterocycles. The van der Waals surface area contributed by atoms with Gasteiger partial charge in [-0.05, 0) is 49.4 Å². The lowest BCUT2D eigenvalue weighted by atomic mass is 9.91. The SMILES string of the molecule is CCC(=O)N[C@H](Cc1ccc(NC(=O)[C@@H](NC(=O)c2ccnn2CC)C2CCCCCC2)c(F)c1)C(=O)N1CCOCC1. The van der Waals surface area contributed by atoms with Crippen molar-refractivity contribution in [1.29, 1.82) is 0 Å². The molecule has 43 heavy (non-hydrogen) atoms. The number of hydrogen-bond donors (Lipinski definition) is 3. The first-order valence-electron chi connectivity index (χ1n) is 15.4. The van der Waals surface area contributed by atoms with Crippen LogP contribution in [0.5, 0.6) is 0 Å². The molecule has 0 radical (unpaired) electrons. The number of ether oxygens (including phenoxy) is 1. The van der Waals surface area contributed by atoms with Crippen LogP contribution in [0.3, 0.4) is 0 Å². The van der Waals surface area contributed by atoms with E-state index in [1.54, 1.807) is 34.8 Å². The number of benzene rings is 1. The van der Waals surface area contributed by atoms with E-state index in [0.29, 0.717) is 44.1 Å². The molecule has 4 rings (SSSR count). The molecule has 1 saturated heterocycles. The molecule has 234 valence electrons. The maximum absolute atomic E-state index is 15.4. The van der Waals surface area contributed by atoms with Gasteiger partial charge in [-0.2, -0.15) is 5.10 Å². The van der Waals surface area contributed by atoms with E-state index in [1.807, 2.05) is 6.92 Å². The summed E-state index contributed by atoms with van der Waals surface area (Å²) in [6.45, 7) is 5.79. The zero-order valence-corrected chi connectivity index (χ0v) is 25.1. The van der Waals surface area contributed by atoms with Gasteiger partial charge in [-0.25, -0.2) is 4.39 Å². The van der Waals surface area contributed by atoms with Gasteiger partial charge in [0.05, 0.1) is 18.9 Å². The summed E-state index contributed by atoms with van der Waals surface area (Å²) in [5.74, 6) is -2.14. The molecule has 12 heteroatoms. The fourth-order valence-corrected chi connectivity index (χ4v) is 5.77. The van der Waals surface area contributed by atoms with Crippen molar-refractivity contribution >= 4 is 29.3 Å². The first kappa shape index (κ1) is 32.1. The van der Waals surface area contributed by atoms with Gasteiger partial charge in [-0.1, -0.05) is 38.7 Å². The first-order valence-corrected chi connectivity index (χ1v) is 15.4. The van der Waals surface area contributed by atoms with E-state index in [9.17, 15) is 19.2 Å². The van der Waals surface area contributed by atoms with E-state index in [4.69, 9.17) is 4.74 Å². The Morgan fingerprint density at radius 2 is 1.74 bits per heavy atom. The van der Waals surface area contributed by atoms with E-state index in [2.05, 4.69) is 21.0 Å². The van der Waals surface area contributed by atoms with Gasteiger partial charge in [-0.15, -0.1) is 0 Å². The number of nitrogens with one attached hydrogen (secondary N) is 3. The molecule has 2 aliphatic rings. The normalized spacial score (nSPS) is 17.4. The maximum atomic E-state index is 15.4. The summed E-state index contributed by atoms with van der Waals surface area (Å²) >= 11 is 0. The Kier molecular flexibility index (Phi) is 11.7. The minimum absolute atomic E-state index is 0.0196. The number of nitrogens with zero attached hydrogens (tertiary/aromatic N) is 3. The molecule has 0 spiro atoms. The second-order valence-electron chi connectivity index (χ2n) is 11.2. The molecule has 2 aromatic rings. The predicted octanol–water partition coefficient (Wildman–Crippen LogP) is 3.05. The second-order valence-corrected chi connectivity index (χ2v) is 11.2. The van der Waals surface area contributed by atoms with Gasteiger partial charge >= 0.3 is 0 Å². The molecular formula is C31H43FN6O5. The highest BCUT2D eigenvalue weighted by Crippen LogP contribution is 2.27. The molecular weight excluding hydrogens is 555 g/mol. The predicted molar refractivity (Wildman–Crippen MR) is 159 cm³/mol. The number of carbonyl (C=O) groups is 4. The topological polar surface area (TPSA) is 135 Å². The van der Waals surface area contributed by atoms with Crippen LogP contribution in [0.2, 0.25) is 0 Å². The summed E-state index contributed by atoms with van der Waals surface area (Å²) in [6.07, 6.45) is 7.49. The monoisotopic (exact) mass is 598 g/mol. The Bertz CT molecular complexity index is 1270. The average molecular weight is 599 g/mol. The van der Waals surface area contributed by atoms with Crippen molar-refractivity contribution in [3.05, 3.63) is 47.5 Å². The first-order chi connectivity index (χ1) is 20.8. The number of halogens is 1. The van der Waals surface area contributed by atoms with Crippen molar-refractivity contribution in [1.82, 2.24) is 25.3 Å². The number of morpholine rings is 1. The number of hydrogen-bond acceptors (Lipinski definition) is 6. The molecule has 0 bridgehead atoms. The van der Waals surface area contributed by atoms with Crippen molar-refractivity contribution < 1.29 is 28.3 Å². The third-order valence-corrected chi connectivity index (χ3v) is 8.20. The average Bonchev–Trinajstić information content (AvgIpc) is 3.35. The Labute approximate surface area is 251 Å². The molecule has 0 unspecified atom stereocenters. The highest BCUT2D eigenvalue weighted by Gasteiger charge is 2.32. The van der Waals surface area contributed by atoms with E-state index >= 15 is 4.39 Å². The molecule has 1 aliphatic heterocycles. The highest BCUT2D eigenvalue weighted by molar-refractivity contribution is 6.00. The lowest BCUT2D eigenvalue weighted by Crippen LogP contribution is -2.52. The van der Waals surface area contributed by atoms with Crippen LogP contribution < -0.4 is 16.0 Å². The van der Waals surface area contributed by atoms with Gasteiger partial charge in [0.2, 0.25) is 17.7 Å². The molecule has 11 nitrogen and oxygen atoms in total. The summed E-state index contributed by atoms with van der Waals surface area (Å²) in [5.41, 5.74) is 0.842. The summed E-state index contributed by atoms with van der Waals surface area (Å²) in [6, 6.07) is 4.28. The Hall–Kier alpha value is -3.80. The number of rotatable bonds is 11. The second kappa shape index (κ2) is 15.6. The third kappa shape index (κ3) is 8.62. The molecule has 1 saturated carbocycles. The number of aryl methyl sites for hydroxylation is 1. The quantitative estimate of drug-likeness (QED) is 0.341. The van der Waals surface area contributed by atoms with Crippen molar-refractivity contribution in [2.24, 2.45) is 5.92 Å². The molecule has 2 heterocycles. The van der Waals surface area contributed by atoms with Crippen molar-refractivity contribution in [3.63, 3.8) is 0 Å². The van der Waals surface area contributed by atoms with E-state index in [1.165, 1.54) is 12.1 Å². The van der Waals surface area contributed by atoms with Crippen molar-refractivity contribution in [2.45, 2.75) is 83.8 Å². The summed E-state index contributed by atoms with van der Waals surface area (Å²) in [7, 11) is 0. The van der Waals surface area contributed by atoms with Crippen LogP contribution in [-0.2, 0) is 32.1 Å². The zero-order chi connectivity index (χ0) is 30.8. The molecule has 2 atom stereocenters. The number of carbonyl (C=O) groups excluding carboxylic acids is 4. The van der Waals surface area contributed by atoms with Crippen LogP contribution in [0.15, 0.2) is 30.5 Å². The molecule has 1 aromatic carbocycles.